The molecule has 2 N–H and O–H groups in total. The van der Waals surface area contributed by atoms with Crippen LogP contribution in [0, 0.1) is 23.7 Å². The lowest BCUT2D eigenvalue weighted by Crippen LogP contribution is -2.42. The number of nitrogens with one attached hydrogen (secondary N) is 2. The molecule has 122 valence electrons. The molecule has 1 heterocycles. The van der Waals surface area contributed by atoms with Gasteiger partial charge in [0.15, 0.2) is 0 Å². The summed E-state index contributed by atoms with van der Waals surface area (Å²) < 4.78 is 27.7. The zero-order valence-corrected chi connectivity index (χ0v) is 14.5. The summed E-state index contributed by atoms with van der Waals surface area (Å²) in [7, 11) is -3.58. The van der Waals surface area contributed by atoms with E-state index in [0.29, 0.717) is 17.7 Å². The van der Waals surface area contributed by atoms with Gasteiger partial charge in [-0.3, -0.25) is 0 Å². The Morgan fingerprint density at radius 3 is 2.59 bits per heavy atom. The van der Waals surface area contributed by atoms with Crippen LogP contribution in [0.3, 0.4) is 0 Å². The number of sulfonamides is 1. The van der Waals surface area contributed by atoms with Crippen LogP contribution in [-0.2, 0) is 10.0 Å². The minimum atomic E-state index is -3.58. The Morgan fingerprint density at radius 2 is 2.00 bits per heavy atom. The predicted molar refractivity (Wildman–Crippen MR) is 88.5 cm³/mol. The van der Waals surface area contributed by atoms with Crippen molar-refractivity contribution in [1.29, 1.82) is 5.26 Å². The molecule has 0 saturated carbocycles. The lowest BCUT2D eigenvalue weighted by Gasteiger charge is -2.34. The molecule has 1 aliphatic rings. The van der Waals surface area contributed by atoms with Crippen molar-refractivity contribution in [3.63, 3.8) is 0 Å². The minimum Gasteiger partial charge on any atom is -0.317 e. The summed E-state index contributed by atoms with van der Waals surface area (Å²) in [4.78, 5) is 0.194. The van der Waals surface area contributed by atoms with Gasteiger partial charge in [0.05, 0.1) is 16.5 Å². The van der Waals surface area contributed by atoms with Crippen molar-refractivity contribution in [2.75, 3.05) is 19.6 Å². The fourth-order valence-corrected chi connectivity index (χ4v) is 3.98. The first-order chi connectivity index (χ1) is 9.86. The van der Waals surface area contributed by atoms with E-state index in [0.717, 1.165) is 25.9 Å². The predicted octanol–water partition coefficient (Wildman–Crippen LogP) is 1.96. The Bertz CT molecular complexity index is 662. The Morgan fingerprint density at radius 1 is 1.36 bits per heavy atom. The average Bonchev–Trinajstić information content (AvgIpc) is 2.47. The second-order valence-electron chi connectivity index (χ2n) is 5.98. The van der Waals surface area contributed by atoms with E-state index in [4.69, 9.17) is 5.26 Å². The first-order valence-corrected chi connectivity index (χ1v) is 8.56. The molecule has 0 aromatic heterocycles. The second kappa shape index (κ2) is 7.42. The highest BCUT2D eigenvalue weighted by molar-refractivity contribution is 7.89. The van der Waals surface area contributed by atoms with Crippen molar-refractivity contribution in [1.82, 2.24) is 10.0 Å². The molecular weight excluding hydrogens is 322 g/mol. The van der Waals surface area contributed by atoms with E-state index >= 15 is 0 Å². The van der Waals surface area contributed by atoms with E-state index in [1.807, 2.05) is 6.07 Å². The molecule has 0 bridgehead atoms. The molecule has 0 aliphatic carbocycles. The van der Waals surface area contributed by atoms with Crippen LogP contribution in [0.1, 0.15) is 30.9 Å². The molecule has 0 amide bonds. The van der Waals surface area contributed by atoms with Crippen molar-refractivity contribution in [2.24, 2.45) is 5.41 Å². The smallest absolute Gasteiger partial charge is 0.240 e. The van der Waals surface area contributed by atoms with Gasteiger partial charge in [0, 0.05) is 6.54 Å². The first kappa shape index (κ1) is 18.9. The molecule has 1 aromatic rings. The number of nitriles is 1. The summed E-state index contributed by atoms with van der Waals surface area (Å²) in [6, 6.07) is 6.71. The topological polar surface area (TPSA) is 82.0 Å². The van der Waals surface area contributed by atoms with Gasteiger partial charge in [-0.05, 0) is 56.0 Å². The molecule has 1 aliphatic heterocycles. The van der Waals surface area contributed by atoms with E-state index in [9.17, 15) is 8.42 Å². The number of hydrogen-bond acceptors (Lipinski definition) is 4. The quantitative estimate of drug-likeness (QED) is 0.875. The van der Waals surface area contributed by atoms with Crippen LogP contribution in [0.4, 0.5) is 0 Å². The number of aryl methyl sites for hydroxylation is 1. The summed E-state index contributed by atoms with van der Waals surface area (Å²) in [6.07, 6.45) is 1.90. The van der Waals surface area contributed by atoms with Crippen molar-refractivity contribution in [2.45, 2.75) is 31.6 Å². The molecule has 22 heavy (non-hydrogen) atoms. The number of piperidine rings is 1. The largest absolute Gasteiger partial charge is 0.317 e. The highest BCUT2D eigenvalue weighted by atomic mass is 35.5. The number of hydrogen-bond donors (Lipinski definition) is 2. The zero-order valence-electron chi connectivity index (χ0n) is 12.8. The number of nitrogens with zero attached hydrogens (tertiary/aromatic N) is 1. The average molecular weight is 344 g/mol. The number of rotatable bonds is 4. The summed E-state index contributed by atoms with van der Waals surface area (Å²) in [5.74, 6) is 0. The molecule has 0 unspecified atom stereocenters. The maximum Gasteiger partial charge on any atom is 0.240 e. The fourth-order valence-electron chi connectivity index (χ4n) is 2.51. The third kappa shape index (κ3) is 4.43. The third-order valence-corrected chi connectivity index (χ3v) is 5.65. The molecule has 2 rings (SSSR count). The molecule has 7 heteroatoms. The Balaban J connectivity index is 0.00000242. The Kier molecular flexibility index (Phi) is 6.38. The van der Waals surface area contributed by atoms with Crippen molar-refractivity contribution < 1.29 is 8.42 Å². The molecule has 1 saturated heterocycles. The normalized spacial score (nSPS) is 17.3. The molecular formula is C15H22ClN3O2S. The molecule has 0 atom stereocenters. The highest BCUT2D eigenvalue weighted by Crippen LogP contribution is 2.27. The summed E-state index contributed by atoms with van der Waals surface area (Å²) >= 11 is 0. The lowest BCUT2D eigenvalue weighted by molar-refractivity contribution is 0.232. The van der Waals surface area contributed by atoms with E-state index < -0.39 is 10.0 Å². The van der Waals surface area contributed by atoms with E-state index in [1.165, 1.54) is 6.07 Å². The Labute approximate surface area is 138 Å². The zero-order chi connectivity index (χ0) is 15.5. The van der Waals surface area contributed by atoms with Crippen LogP contribution in [-0.4, -0.2) is 28.1 Å². The maximum atomic E-state index is 12.5. The summed E-state index contributed by atoms with van der Waals surface area (Å²) in [5.41, 5.74) is 0.991. The second-order valence-corrected chi connectivity index (χ2v) is 7.71. The van der Waals surface area contributed by atoms with Gasteiger partial charge in [0.1, 0.15) is 0 Å². The van der Waals surface area contributed by atoms with E-state index in [2.05, 4.69) is 17.0 Å². The molecule has 0 spiro atoms. The van der Waals surface area contributed by atoms with Gasteiger partial charge >= 0.3 is 0 Å². The maximum absolute atomic E-state index is 12.5. The molecule has 0 radical (unpaired) electrons. The summed E-state index contributed by atoms with van der Waals surface area (Å²) in [5, 5.41) is 12.2. The SMILES string of the molecule is Cc1ccc(C#N)cc1S(=O)(=O)NCC1(C)CCNCC1.Cl. The van der Waals surface area contributed by atoms with Crippen LogP contribution < -0.4 is 10.0 Å². The standard InChI is InChI=1S/C15H21N3O2S.ClH/c1-12-3-4-13(10-16)9-14(12)21(19,20)18-11-15(2)5-7-17-8-6-15;/h3-4,9,17-18H,5-8,11H2,1-2H3;1H. The van der Waals surface area contributed by atoms with Crippen LogP contribution in [0.2, 0.25) is 0 Å². The monoisotopic (exact) mass is 343 g/mol. The fraction of sp³-hybridized carbons (Fsp3) is 0.533. The van der Waals surface area contributed by atoms with Gasteiger partial charge in [-0.1, -0.05) is 13.0 Å². The number of halogens is 1. The first-order valence-electron chi connectivity index (χ1n) is 7.07. The molecule has 1 aromatic carbocycles. The minimum absolute atomic E-state index is 0. The van der Waals surface area contributed by atoms with Gasteiger partial charge in [-0.2, -0.15) is 5.26 Å². The van der Waals surface area contributed by atoms with Crippen LogP contribution in [0.5, 0.6) is 0 Å². The highest BCUT2D eigenvalue weighted by Gasteiger charge is 2.29. The number of benzene rings is 1. The summed E-state index contributed by atoms with van der Waals surface area (Å²) in [6.45, 7) is 6.10. The van der Waals surface area contributed by atoms with Crippen LogP contribution in [0.25, 0.3) is 0 Å². The van der Waals surface area contributed by atoms with Crippen LogP contribution in [0.15, 0.2) is 23.1 Å². The third-order valence-electron chi connectivity index (χ3n) is 4.11. The van der Waals surface area contributed by atoms with Crippen LogP contribution >= 0.6 is 12.4 Å². The lowest BCUT2D eigenvalue weighted by atomic mass is 9.81. The Hall–Kier alpha value is -1.13. The van der Waals surface area contributed by atoms with Crippen molar-refractivity contribution in [3.8, 4) is 6.07 Å². The van der Waals surface area contributed by atoms with Gasteiger partial charge in [0.2, 0.25) is 10.0 Å². The van der Waals surface area contributed by atoms with Gasteiger partial charge in [-0.25, -0.2) is 13.1 Å². The molecule has 1 fully saturated rings. The van der Waals surface area contributed by atoms with Gasteiger partial charge < -0.3 is 5.32 Å². The van der Waals surface area contributed by atoms with Crippen molar-refractivity contribution >= 4 is 22.4 Å². The van der Waals surface area contributed by atoms with E-state index in [-0.39, 0.29) is 22.7 Å². The van der Waals surface area contributed by atoms with Crippen molar-refractivity contribution in [3.05, 3.63) is 29.3 Å². The van der Waals surface area contributed by atoms with Gasteiger partial charge in [-0.15, -0.1) is 12.4 Å². The van der Waals surface area contributed by atoms with Gasteiger partial charge in [0.25, 0.3) is 0 Å². The molecule has 5 nitrogen and oxygen atoms in total. The van der Waals surface area contributed by atoms with E-state index in [1.54, 1.807) is 19.1 Å².